The quantitative estimate of drug-likeness (QED) is 0.553. The lowest BCUT2D eigenvalue weighted by molar-refractivity contribution is -0.142. The molecule has 0 aliphatic heterocycles. The van der Waals surface area contributed by atoms with E-state index in [0.717, 1.165) is 10.0 Å². The van der Waals surface area contributed by atoms with Gasteiger partial charge in [0.1, 0.15) is 6.61 Å². The van der Waals surface area contributed by atoms with Gasteiger partial charge in [0.2, 0.25) is 11.8 Å². The number of benzene rings is 1. The monoisotopic (exact) mass is 386 g/mol. The minimum atomic E-state index is -1.06. The Bertz CT molecular complexity index is 547. The molecule has 3 N–H and O–H groups in total. The molecule has 7 nitrogen and oxygen atoms in total. The van der Waals surface area contributed by atoms with Crippen molar-refractivity contribution in [3.8, 4) is 0 Å². The van der Waals surface area contributed by atoms with Crippen LogP contribution in [-0.4, -0.2) is 42.6 Å². The number of hydrogen-bond donors (Lipinski definition) is 3. The summed E-state index contributed by atoms with van der Waals surface area (Å²) in [5.74, 6) is -1.54. The topological polar surface area (TPSA) is 105 Å². The second-order valence-corrected chi connectivity index (χ2v) is 5.72. The van der Waals surface area contributed by atoms with Gasteiger partial charge < -0.3 is 20.5 Å². The molecular weight excluding hydrogens is 368 g/mol. The maximum absolute atomic E-state index is 11.9. The third-order valence-electron chi connectivity index (χ3n) is 2.83. The van der Waals surface area contributed by atoms with Crippen LogP contribution in [0.3, 0.4) is 0 Å². The molecule has 1 atom stereocenters. The maximum Gasteiger partial charge on any atom is 0.329 e. The van der Waals surface area contributed by atoms with Crippen LogP contribution in [0.25, 0.3) is 0 Å². The van der Waals surface area contributed by atoms with Crippen LogP contribution in [0.1, 0.15) is 24.9 Å². The maximum atomic E-state index is 11.9. The van der Waals surface area contributed by atoms with Crippen molar-refractivity contribution in [2.24, 2.45) is 0 Å². The van der Waals surface area contributed by atoms with Gasteiger partial charge in [-0.3, -0.25) is 9.59 Å². The molecule has 0 radical (unpaired) electrons. The van der Waals surface area contributed by atoms with Crippen LogP contribution >= 0.6 is 15.9 Å². The third kappa shape index (κ3) is 8.32. The predicted octanol–water partition coefficient (Wildman–Crippen LogP) is 1.23. The first-order valence-electron chi connectivity index (χ1n) is 6.97. The molecule has 126 valence electrons. The Morgan fingerprint density at radius 1 is 1.26 bits per heavy atom. The molecule has 1 aromatic carbocycles. The van der Waals surface area contributed by atoms with Gasteiger partial charge in [0, 0.05) is 17.9 Å². The summed E-state index contributed by atoms with van der Waals surface area (Å²) in [5, 5.41) is 13.8. The van der Waals surface area contributed by atoms with Gasteiger partial charge in [-0.05, 0) is 17.7 Å². The second-order valence-electron chi connectivity index (χ2n) is 4.81. The first-order valence-corrected chi connectivity index (χ1v) is 7.76. The normalized spacial score (nSPS) is 11.6. The summed E-state index contributed by atoms with van der Waals surface area (Å²) >= 11 is 3.33. The number of carboxylic acid groups (broad SMARTS) is 1. The summed E-state index contributed by atoms with van der Waals surface area (Å²) in [7, 11) is 0. The molecule has 0 aliphatic rings. The molecule has 1 unspecified atom stereocenters. The van der Waals surface area contributed by atoms with E-state index in [-0.39, 0.29) is 31.4 Å². The lowest BCUT2D eigenvalue weighted by atomic mass is 10.0. The smallest absolute Gasteiger partial charge is 0.329 e. The van der Waals surface area contributed by atoms with Gasteiger partial charge in [-0.25, -0.2) is 4.79 Å². The molecule has 0 aromatic heterocycles. The van der Waals surface area contributed by atoms with Crippen molar-refractivity contribution < 1.29 is 24.2 Å². The van der Waals surface area contributed by atoms with Crippen LogP contribution < -0.4 is 10.6 Å². The highest BCUT2D eigenvalue weighted by atomic mass is 79.9. The van der Waals surface area contributed by atoms with Crippen molar-refractivity contribution in [3.05, 3.63) is 34.3 Å². The minimum Gasteiger partial charge on any atom is -0.480 e. The first-order chi connectivity index (χ1) is 10.9. The molecule has 23 heavy (non-hydrogen) atoms. The molecule has 0 saturated carbocycles. The lowest BCUT2D eigenvalue weighted by Crippen LogP contribution is -2.34. The van der Waals surface area contributed by atoms with E-state index >= 15 is 0 Å². The van der Waals surface area contributed by atoms with E-state index in [1.54, 1.807) is 0 Å². The molecule has 0 saturated heterocycles. The Labute approximate surface area is 142 Å². The van der Waals surface area contributed by atoms with Crippen LogP contribution in [-0.2, 0) is 19.1 Å². The van der Waals surface area contributed by atoms with Gasteiger partial charge >= 0.3 is 5.97 Å². The van der Waals surface area contributed by atoms with Gasteiger partial charge in [0.15, 0.2) is 0 Å². The summed E-state index contributed by atoms with van der Waals surface area (Å²) in [5.41, 5.74) is 0.820. The number of carboxylic acids is 1. The highest BCUT2D eigenvalue weighted by Crippen LogP contribution is 2.19. The van der Waals surface area contributed by atoms with Crippen molar-refractivity contribution >= 4 is 33.7 Å². The zero-order valence-electron chi connectivity index (χ0n) is 12.7. The fourth-order valence-electron chi connectivity index (χ4n) is 1.87. The largest absolute Gasteiger partial charge is 0.480 e. The average molecular weight is 387 g/mol. The Kier molecular flexibility index (Phi) is 8.28. The van der Waals surface area contributed by atoms with E-state index in [2.05, 4.69) is 26.6 Å². The van der Waals surface area contributed by atoms with Crippen LogP contribution in [0, 0.1) is 0 Å². The van der Waals surface area contributed by atoms with E-state index in [4.69, 9.17) is 9.84 Å². The van der Waals surface area contributed by atoms with Gasteiger partial charge in [-0.1, -0.05) is 28.1 Å². The summed E-state index contributed by atoms with van der Waals surface area (Å²) in [6.07, 6.45) is 0.0835. The van der Waals surface area contributed by atoms with Crippen molar-refractivity contribution in [2.45, 2.75) is 19.4 Å². The van der Waals surface area contributed by atoms with Crippen molar-refractivity contribution in [2.75, 3.05) is 19.8 Å². The Morgan fingerprint density at radius 3 is 2.48 bits per heavy atom. The molecule has 0 spiro atoms. The van der Waals surface area contributed by atoms with Crippen LogP contribution in [0.4, 0.5) is 0 Å². The van der Waals surface area contributed by atoms with Gasteiger partial charge in [0.05, 0.1) is 19.1 Å². The molecule has 1 aromatic rings. The van der Waals surface area contributed by atoms with Crippen molar-refractivity contribution in [1.82, 2.24) is 10.6 Å². The fraction of sp³-hybridized carbons (Fsp3) is 0.400. The summed E-state index contributed by atoms with van der Waals surface area (Å²) in [6, 6.07) is 6.89. The zero-order valence-corrected chi connectivity index (χ0v) is 14.3. The van der Waals surface area contributed by atoms with Crippen LogP contribution in [0.2, 0.25) is 0 Å². The van der Waals surface area contributed by atoms with E-state index in [9.17, 15) is 14.4 Å². The Morgan fingerprint density at radius 2 is 1.91 bits per heavy atom. The van der Waals surface area contributed by atoms with E-state index < -0.39 is 18.6 Å². The van der Waals surface area contributed by atoms with Crippen LogP contribution in [0.15, 0.2) is 28.7 Å². The standard InChI is InChI=1S/C15H19BrN2O5/c1-10(19)18-13(11-2-4-12(16)5-3-11)8-14(20)17-6-7-23-9-15(21)22/h2-5,13H,6-9H2,1H3,(H,17,20)(H,18,19)(H,21,22). The fourth-order valence-corrected chi connectivity index (χ4v) is 2.14. The number of hydrogen-bond acceptors (Lipinski definition) is 4. The van der Waals surface area contributed by atoms with Gasteiger partial charge in [-0.2, -0.15) is 0 Å². The summed E-state index contributed by atoms with van der Waals surface area (Å²) in [6.45, 7) is 1.31. The number of nitrogens with one attached hydrogen (secondary N) is 2. The predicted molar refractivity (Wildman–Crippen MR) is 86.8 cm³/mol. The average Bonchev–Trinajstić information content (AvgIpc) is 2.46. The third-order valence-corrected chi connectivity index (χ3v) is 3.36. The van der Waals surface area contributed by atoms with Gasteiger partial charge in [0.25, 0.3) is 0 Å². The van der Waals surface area contributed by atoms with Crippen LogP contribution in [0.5, 0.6) is 0 Å². The van der Waals surface area contributed by atoms with Gasteiger partial charge in [-0.15, -0.1) is 0 Å². The first kappa shape index (κ1) is 19.1. The van der Waals surface area contributed by atoms with E-state index in [1.807, 2.05) is 24.3 Å². The number of amides is 2. The number of ether oxygens (including phenoxy) is 1. The van der Waals surface area contributed by atoms with Crippen molar-refractivity contribution in [1.29, 1.82) is 0 Å². The number of rotatable bonds is 9. The van der Waals surface area contributed by atoms with E-state index in [0.29, 0.717) is 0 Å². The molecule has 0 heterocycles. The summed E-state index contributed by atoms with van der Waals surface area (Å²) < 4.78 is 5.73. The number of carbonyl (C=O) groups excluding carboxylic acids is 2. The highest BCUT2D eigenvalue weighted by molar-refractivity contribution is 9.10. The molecule has 8 heteroatoms. The molecular formula is C15H19BrN2O5. The number of halogens is 1. The SMILES string of the molecule is CC(=O)NC(CC(=O)NCCOCC(=O)O)c1ccc(Br)cc1. The summed E-state index contributed by atoms with van der Waals surface area (Å²) in [4.78, 5) is 33.5. The molecule has 0 fully saturated rings. The second kappa shape index (κ2) is 9.96. The molecule has 0 aliphatic carbocycles. The van der Waals surface area contributed by atoms with Crippen molar-refractivity contribution in [3.63, 3.8) is 0 Å². The minimum absolute atomic E-state index is 0.0835. The Balaban J connectivity index is 2.49. The Hall–Kier alpha value is -1.93. The highest BCUT2D eigenvalue weighted by Gasteiger charge is 2.16. The number of carbonyl (C=O) groups is 3. The zero-order chi connectivity index (χ0) is 17.2. The lowest BCUT2D eigenvalue weighted by Gasteiger charge is -2.18. The number of aliphatic carboxylic acids is 1. The molecule has 1 rings (SSSR count). The van der Waals surface area contributed by atoms with E-state index in [1.165, 1.54) is 6.92 Å². The molecule has 0 bridgehead atoms. The molecule has 2 amide bonds.